The van der Waals surface area contributed by atoms with E-state index in [0.29, 0.717) is 18.5 Å². The second kappa shape index (κ2) is 7.67. The summed E-state index contributed by atoms with van der Waals surface area (Å²) >= 11 is 3.61. The Labute approximate surface area is 170 Å². The van der Waals surface area contributed by atoms with Gasteiger partial charge in [0, 0.05) is 15.6 Å². The number of nitrogens with zero attached hydrogens (tertiary/aromatic N) is 3. The maximum atomic E-state index is 12.7. The van der Waals surface area contributed by atoms with Crippen molar-refractivity contribution in [1.82, 2.24) is 9.55 Å². The second-order valence-electron chi connectivity index (χ2n) is 6.56. The minimum atomic E-state index is -0.575. The van der Waals surface area contributed by atoms with E-state index in [1.54, 1.807) is 6.33 Å². The molecule has 0 bridgehead atoms. The fraction of sp³-hybridized carbons (Fsp3) is 0.190. The summed E-state index contributed by atoms with van der Waals surface area (Å²) in [6.07, 6.45) is 2.73. The third-order valence-electron chi connectivity index (χ3n) is 4.79. The number of nitrogens with two attached hydrogens (primary N) is 1. The fourth-order valence-corrected chi connectivity index (χ4v) is 3.94. The molecule has 7 heteroatoms. The minimum absolute atomic E-state index is 0.226. The van der Waals surface area contributed by atoms with Crippen molar-refractivity contribution in [3.63, 3.8) is 0 Å². The normalized spacial score (nSPS) is 12.7. The van der Waals surface area contributed by atoms with Crippen LogP contribution in [0.3, 0.4) is 0 Å². The fourth-order valence-electron chi connectivity index (χ4n) is 3.47. The highest BCUT2D eigenvalue weighted by Crippen LogP contribution is 2.30. The van der Waals surface area contributed by atoms with E-state index in [-0.39, 0.29) is 18.9 Å². The number of carbonyl (C=O) groups excluding carboxylic acids is 1. The molecule has 0 atom stereocenters. The Morgan fingerprint density at radius 3 is 2.79 bits per heavy atom. The van der Waals surface area contributed by atoms with E-state index in [9.17, 15) is 9.18 Å². The van der Waals surface area contributed by atoms with Crippen molar-refractivity contribution in [2.45, 2.75) is 19.4 Å². The predicted molar refractivity (Wildman–Crippen MR) is 110 cm³/mol. The molecule has 2 heterocycles. The van der Waals surface area contributed by atoms with E-state index in [4.69, 9.17) is 10.7 Å². The standard InChI is InChI=1S/C21H18BrFN4O/c22-16-6-2-1-5-14(16)19-15-10-13(4-3-9-23)7-8-17(15)27-12-26-20(21(24)28)18(27)11-25-19/h1-2,5-8,10,12H,3-4,9,11H2,(H2,24,28). The van der Waals surface area contributed by atoms with Crippen LogP contribution in [0.1, 0.15) is 39.3 Å². The Hall–Kier alpha value is -2.80. The number of carbonyl (C=O) groups is 1. The molecule has 0 saturated heterocycles. The largest absolute Gasteiger partial charge is 0.364 e. The van der Waals surface area contributed by atoms with Crippen LogP contribution >= 0.6 is 15.9 Å². The Morgan fingerprint density at radius 2 is 2.04 bits per heavy atom. The third kappa shape index (κ3) is 3.26. The Balaban J connectivity index is 1.94. The maximum Gasteiger partial charge on any atom is 0.269 e. The van der Waals surface area contributed by atoms with Crippen LogP contribution in [0.4, 0.5) is 4.39 Å². The molecule has 142 valence electrons. The molecule has 0 aliphatic carbocycles. The molecular formula is C21H18BrFN4O. The molecule has 1 aliphatic rings. The summed E-state index contributed by atoms with van der Waals surface area (Å²) < 4.78 is 15.5. The van der Waals surface area contributed by atoms with Crippen molar-refractivity contribution in [3.8, 4) is 5.69 Å². The highest BCUT2D eigenvalue weighted by molar-refractivity contribution is 9.10. The lowest BCUT2D eigenvalue weighted by Gasteiger charge is -2.14. The topological polar surface area (TPSA) is 73.3 Å². The van der Waals surface area contributed by atoms with Gasteiger partial charge in [-0.15, -0.1) is 0 Å². The number of fused-ring (bicyclic) bond motifs is 3. The van der Waals surface area contributed by atoms with Crippen LogP contribution in [0.2, 0.25) is 0 Å². The lowest BCUT2D eigenvalue weighted by molar-refractivity contribution is 0.0995. The third-order valence-corrected chi connectivity index (χ3v) is 5.48. The SMILES string of the molecule is NC(=O)c1ncn2c1CN=C(c1ccccc1Br)c1cc(CCCF)ccc1-2. The number of rotatable bonds is 5. The number of aromatic nitrogens is 2. The summed E-state index contributed by atoms with van der Waals surface area (Å²) in [7, 11) is 0. The van der Waals surface area contributed by atoms with E-state index in [0.717, 1.165) is 32.6 Å². The summed E-state index contributed by atoms with van der Waals surface area (Å²) in [4.78, 5) is 20.8. The van der Waals surface area contributed by atoms with Gasteiger partial charge in [-0.25, -0.2) is 4.98 Å². The molecule has 5 nitrogen and oxygen atoms in total. The highest BCUT2D eigenvalue weighted by Gasteiger charge is 2.24. The van der Waals surface area contributed by atoms with Crippen molar-refractivity contribution in [1.29, 1.82) is 0 Å². The number of amides is 1. The van der Waals surface area contributed by atoms with E-state index < -0.39 is 5.91 Å². The number of aryl methyl sites for hydroxylation is 1. The summed E-state index contributed by atoms with van der Waals surface area (Å²) in [5, 5.41) is 0. The smallest absolute Gasteiger partial charge is 0.269 e. The first-order chi connectivity index (χ1) is 13.6. The molecule has 0 saturated carbocycles. The number of halogens is 2. The highest BCUT2D eigenvalue weighted by atomic mass is 79.9. The van der Waals surface area contributed by atoms with Gasteiger partial charge in [0.1, 0.15) is 6.33 Å². The Bertz CT molecular complexity index is 1090. The van der Waals surface area contributed by atoms with E-state index in [1.807, 2.05) is 47.0 Å². The number of primary amides is 1. The summed E-state index contributed by atoms with van der Waals surface area (Å²) in [5.41, 5.74) is 11.0. The van der Waals surface area contributed by atoms with Gasteiger partial charge < -0.3 is 5.73 Å². The number of hydrogen-bond donors (Lipinski definition) is 1. The molecule has 0 spiro atoms. The zero-order valence-corrected chi connectivity index (χ0v) is 16.6. The average Bonchev–Trinajstić information content (AvgIpc) is 3.05. The van der Waals surface area contributed by atoms with Crippen LogP contribution < -0.4 is 5.73 Å². The van der Waals surface area contributed by atoms with Gasteiger partial charge in [0.05, 0.1) is 30.3 Å². The van der Waals surface area contributed by atoms with Gasteiger partial charge in [0.2, 0.25) is 0 Å². The minimum Gasteiger partial charge on any atom is -0.364 e. The van der Waals surface area contributed by atoms with Crippen molar-refractivity contribution in [2.24, 2.45) is 10.7 Å². The van der Waals surface area contributed by atoms with Crippen LogP contribution in [0.5, 0.6) is 0 Å². The molecule has 3 aromatic rings. The van der Waals surface area contributed by atoms with E-state index in [2.05, 4.69) is 20.9 Å². The van der Waals surface area contributed by atoms with E-state index >= 15 is 0 Å². The molecule has 1 aromatic heterocycles. The summed E-state index contributed by atoms with van der Waals surface area (Å²) in [5.74, 6) is -0.575. The first-order valence-electron chi connectivity index (χ1n) is 8.95. The maximum absolute atomic E-state index is 12.7. The van der Waals surface area contributed by atoms with Gasteiger partial charge in [-0.1, -0.05) is 40.2 Å². The van der Waals surface area contributed by atoms with Crippen LogP contribution in [-0.2, 0) is 13.0 Å². The molecule has 0 radical (unpaired) electrons. The number of alkyl halides is 1. The van der Waals surface area contributed by atoms with Crippen molar-refractivity contribution in [3.05, 3.63) is 81.3 Å². The van der Waals surface area contributed by atoms with Crippen LogP contribution in [0, 0.1) is 0 Å². The monoisotopic (exact) mass is 440 g/mol. The van der Waals surface area contributed by atoms with Crippen LogP contribution in [0.15, 0.2) is 58.3 Å². The Kier molecular flexibility index (Phi) is 5.09. The van der Waals surface area contributed by atoms with Gasteiger partial charge >= 0.3 is 0 Å². The summed E-state index contributed by atoms with van der Waals surface area (Å²) in [6, 6.07) is 13.9. The number of aliphatic imine (C=N–C) groups is 1. The predicted octanol–water partition coefficient (Wildman–Crippen LogP) is 3.99. The van der Waals surface area contributed by atoms with Gasteiger partial charge in [-0.2, -0.15) is 0 Å². The van der Waals surface area contributed by atoms with Gasteiger partial charge in [0.25, 0.3) is 5.91 Å². The molecule has 1 amide bonds. The van der Waals surface area contributed by atoms with Gasteiger partial charge in [-0.05, 0) is 36.6 Å². The Morgan fingerprint density at radius 1 is 1.21 bits per heavy atom. The first kappa shape index (κ1) is 18.6. The molecule has 2 N–H and O–H groups in total. The molecule has 0 fully saturated rings. The van der Waals surface area contributed by atoms with Crippen LogP contribution in [-0.4, -0.2) is 27.8 Å². The van der Waals surface area contributed by atoms with Gasteiger partial charge in [-0.3, -0.25) is 18.7 Å². The average molecular weight is 441 g/mol. The number of hydrogen-bond acceptors (Lipinski definition) is 3. The number of benzene rings is 2. The van der Waals surface area contributed by atoms with Crippen molar-refractivity contribution >= 4 is 27.5 Å². The number of imidazole rings is 1. The lowest BCUT2D eigenvalue weighted by atomic mass is 9.97. The lowest BCUT2D eigenvalue weighted by Crippen LogP contribution is -2.14. The zero-order chi connectivity index (χ0) is 19.7. The van der Waals surface area contributed by atoms with Crippen LogP contribution in [0.25, 0.3) is 5.69 Å². The first-order valence-corrected chi connectivity index (χ1v) is 9.74. The zero-order valence-electron chi connectivity index (χ0n) is 15.0. The van der Waals surface area contributed by atoms with Gasteiger partial charge in [0.15, 0.2) is 5.69 Å². The molecule has 28 heavy (non-hydrogen) atoms. The van der Waals surface area contributed by atoms with Crippen molar-refractivity contribution in [2.75, 3.05) is 6.67 Å². The van der Waals surface area contributed by atoms with Crippen molar-refractivity contribution < 1.29 is 9.18 Å². The van der Waals surface area contributed by atoms with E-state index in [1.165, 1.54) is 0 Å². The molecule has 1 aliphatic heterocycles. The molecule has 2 aromatic carbocycles. The molecular weight excluding hydrogens is 423 g/mol. The quantitative estimate of drug-likeness (QED) is 0.651. The molecule has 4 rings (SSSR count). The molecule has 0 unspecified atom stereocenters. The summed E-state index contributed by atoms with van der Waals surface area (Å²) in [6.45, 7) is -0.0701. The second-order valence-corrected chi connectivity index (χ2v) is 7.42.